The number of amides is 1. The van der Waals surface area contributed by atoms with Gasteiger partial charge < -0.3 is 19.6 Å². The van der Waals surface area contributed by atoms with Gasteiger partial charge in [-0.2, -0.15) is 0 Å². The molecule has 0 saturated carbocycles. The third kappa shape index (κ3) is 6.09. The molecule has 1 N–H and O–H groups in total. The van der Waals surface area contributed by atoms with Crippen molar-refractivity contribution >= 4 is 5.91 Å². The lowest BCUT2D eigenvalue weighted by Gasteiger charge is -2.33. The second-order valence-corrected chi connectivity index (χ2v) is 6.66. The zero-order valence-corrected chi connectivity index (χ0v) is 14.4. The number of halogens is 1. The van der Waals surface area contributed by atoms with Crippen LogP contribution in [-0.2, 0) is 4.79 Å². The molecule has 0 aliphatic carbocycles. The van der Waals surface area contributed by atoms with Crippen LogP contribution in [0, 0.1) is 11.7 Å². The van der Waals surface area contributed by atoms with Crippen LogP contribution >= 0.6 is 0 Å². The fourth-order valence-electron chi connectivity index (χ4n) is 2.88. The van der Waals surface area contributed by atoms with Crippen molar-refractivity contribution in [1.29, 1.82) is 0 Å². The zero-order chi connectivity index (χ0) is 17.5. The van der Waals surface area contributed by atoms with Gasteiger partial charge in [0.2, 0.25) is 5.91 Å². The van der Waals surface area contributed by atoms with E-state index in [0.29, 0.717) is 24.6 Å². The van der Waals surface area contributed by atoms with Crippen LogP contribution in [0.1, 0.15) is 19.3 Å². The molecule has 1 aliphatic heterocycles. The molecule has 0 radical (unpaired) electrons. The predicted molar refractivity (Wildman–Crippen MR) is 90.4 cm³/mol. The number of ether oxygens (including phenoxy) is 1. The minimum absolute atomic E-state index is 0.182. The van der Waals surface area contributed by atoms with Gasteiger partial charge in [-0.05, 0) is 56.1 Å². The maximum atomic E-state index is 12.8. The minimum Gasteiger partial charge on any atom is -0.491 e. The molecule has 1 aliphatic rings. The highest BCUT2D eigenvalue weighted by Crippen LogP contribution is 2.21. The van der Waals surface area contributed by atoms with E-state index in [9.17, 15) is 14.3 Å². The Kier molecular flexibility index (Phi) is 6.99. The second-order valence-electron chi connectivity index (χ2n) is 6.66. The molecular formula is C18H27FN2O3. The van der Waals surface area contributed by atoms with Crippen molar-refractivity contribution in [2.45, 2.75) is 25.4 Å². The Balaban J connectivity index is 1.65. The van der Waals surface area contributed by atoms with Crippen molar-refractivity contribution in [2.24, 2.45) is 5.92 Å². The first-order valence-corrected chi connectivity index (χ1v) is 8.43. The quantitative estimate of drug-likeness (QED) is 0.823. The summed E-state index contributed by atoms with van der Waals surface area (Å²) >= 11 is 0. The Bertz CT molecular complexity index is 514. The Hall–Kier alpha value is -1.66. The molecule has 1 amide bonds. The molecule has 1 fully saturated rings. The molecule has 2 rings (SSSR count). The molecule has 1 saturated heterocycles. The molecule has 0 aromatic heterocycles. The van der Waals surface area contributed by atoms with E-state index in [-0.39, 0.29) is 18.3 Å². The molecule has 24 heavy (non-hydrogen) atoms. The smallest absolute Gasteiger partial charge is 0.222 e. The van der Waals surface area contributed by atoms with Crippen molar-refractivity contribution in [1.82, 2.24) is 9.80 Å². The third-order valence-electron chi connectivity index (χ3n) is 4.39. The lowest BCUT2D eigenvalue weighted by atomic mass is 9.93. The van der Waals surface area contributed by atoms with Crippen LogP contribution in [0.3, 0.4) is 0 Å². The highest BCUT2D eigenvalue weighted by atomic mass is 19.1. The van der Waals surface area contributed by atoms with Crippen LogP contribution in [-0.4, -0.2) is 67.3 Å². The van der Waals surface area contributed by atoms with Gasteiger partial charge in [0.15, 0.2) is 0 Å². The summed E-state index contributed by atoms with van der Waals surface area (Å²) in [5.74, 6) is 0.861. The number of aliphatic hydroxyl groups is 1. The fraction of sp³-hybridized carbons (Fsp3) is 0.611. The van der Waals surface area contributed by atoms with Gasteiger partial charge >= 0.3 is 0 Å². The van der Waals surface area contributed by atoms with Crippen molar-refractivity contribution in [2.75, 3.05) is 40.3 Å². The Morgan fingerprint density at radius 2 is 1.96 bits per heavy atom. The van der Waals surface area contributed by atoms with Crippen molar-refractivity contribution in [3.05, 3.63) is 30.1 Å². The standard InChI is InChI=1S/C18H27FN2O3/c1-20(2)18(23)11-14-7-9-21(10-8-14)12-16(22)13-24-17-5-3-15(19)4-6-17/h3-6,14,16,22H,7-13H2,1-2H3. The number of piperidine rings is 1. The SMILES string of the molecule is CN(C)C(=O)CC1CCN(CC(O)COc2ccc(F)cc2)CC1. The number of likely N-dealkylation sites (tertiary alicyclic amines) is 1. The number of carbonyl (C=O) groups excluding carboxylic acids is 1. The topological polar surface area (TPSA) is 53.0 Å². The Labute approximate surface area is 143 Å². The zero-order valence-electron chi connectivity index (χ0n) is 14.4. The van der Waals surface area contributed by atoms with E-state index < -0.39 is 6.10 Å². The van der Waals surface area contributed by atoms with E-state index in [4.69, 9.17) is 4.74 Å². The van der Waals surface area contributed by atoms with Crippen molar-refractivity contribution in [3.8, 4) is 5.75 Å². The highest BCUT2D eigenvalue weighted by Gasteiger charge is 2.23. The first kappa shape index (κ1) is 18.7. The number of carbonyl (C=O) groups is 1. The summed E-state index contributed by atoms with van der Waals surface area (Å²) < 4.78 is 18.3. The fourth-order valence-corrected chi connectivity index (χ4v) is 2.88. The summed E-state index contributed by atoms with van der Waals surface area (Å²) in [6.45, 7) is 2.51. The summed E-state index contributed by atoms with van der Waals surface area (Å²) in [4.78, 5) is 15.6. The first-order valence-electron chi connectivity index (χ1n) is 8.43. The number of nitrogens with zero attached hydrogens (tertiary/aromatic N) is 2. The van der Waals surface area contributed by atoms with Crippen LogP contribution < -0.4 is 4.74 Å². The molecule has 1 aromatic carbocycles. The maximum Gasteiger partial charge on any atom is 0.222 e. The van der Waals surface area contributed by atoms with E-state index >= 15 is 0 Å². The number of hydrogen-bond donors (Lipinski definition) is 1. The second kappa shape index (κ2) is 8.99. The molecule has 1 heterocycles. The van der Waals surface area contributed by atoms with Gasteiger partial charge in [0, 0.05) is 27.1 Å². The number of benzene rings is 1. The van der Waals surface area contributed by atoms with Gasteiger partial charge in [-0.15, -0.1) is 0 Å². The molecule has 1 atom stereocenters. The minimum atomic E-state index is -0.588. The number of hydrogen-bond acceptors (Lipinski definition) is 4. The normalized spacial score (nSPS) is 17.5. The third-order valence-corrected chi connectivity index (χ3v) is 4.39. The average molecular weight is 338 g/mol. The van der Waals surface area contributed by atoms with Gasteiger partial charge in [-0.3, -0.25) is 4.79 Å². The largest absolute Gasteiger partial charge is 0.491 e. The van der Waals surface area contributed by atoms with E-state index in [0.717, 1.165) is 25.9 Å². The molecule has 1 aromatic rings. The van der Waals surface area contributed by atoms with Gasteiger partial charge in [0.05, 0.1) is 0 Å². The highest BCUT2D eigenvalue weighted by molar-refractivity contribution is 5.75. The lowest BCUT2D eigenvalue weighted by molar-refractivity contribution is -0.130. The molecule has 1 unspecified atom stereocenters. The summed E-state index contributed by atoms with van der Waals surface area (Å²) in [6, 6.07) is 5.77. The predicted octanol–water partition coefficient (Wildman–Crippen LogP) is 1.76. The van der Waals surface area contributed by atoms with Gasteiger partial charge in [0.25, 0.3) is 0 Å². The summed E-state index contributed by atoms with van der Waals surface area (Å²) in [5.41, 5.74) is 0. The van der Waals surface area contributed by atoms with E-state index in [1.807, 2.05) is 0 Å². The summed E-state index contributed by atoms with van der Waals surface area (Å²) in [5, 5.41) is 10.1. The molecule has 0 bridgehead atoms. The van der Waals surface area contributed by atoms with E-state index in [1.54, 1.807) is 31.1 Å². The van der Waals surface area contributed by atoms with E-state index in [2.05, 4.69) is 4.90 Å². The molecule has 134 valence electrons. The summed E-state index contributed by atoms with van der Waals surface area (Å²) in [6.07, 6.45) is 1.97. The molecule has 0 spiro atoms. The summed E-state index contributed by atoms with van der Waals surface area (Å²) in [7, 11) is 3.57. The van der Waals surface area contributed by atoms with Crippen molar-refractivity contribution in [3.63, 3.8) is 0 Å². The Morgan fingerprint density at radius 3 is 2.54 bits per heavy atom. The maximum absolute atomic E-state index is 12.8. The average Bonchev–Trinajstić information content (AvgIpc) is 2.56. The van der Waals surface area contributed by atoms with Crippen LogP contribution in [0.2, 0.25) is 0 Å². The first-order chi connectivity index (χ1) is 11.4. The van der Waals surface area contributed by atoms with E-state index in [1.165, 1.54) is 12.1 Å². The van der Waals surface area contributed by atoms with Crippen LogP contribution in [0.4, 0.5) is 4.39 Å². The molecule has 5 nitrogen and oxygen atoms in total. The van der Waals surface area contributed by atoms with Crippen LogP contribution in [0.5, 0.6) is 5.75 Å². The Morgan fingerprint density at radius 1 is 1.33 bits per heavy atom. The van der Waals surface area contributed by atoms with Crippen LogP contribution in [0.15, 0.2) is 24.3 Å². The monoisotopic (exact) mass is 338 g/mol. The van der Waals surface area contributed by atoms with Crippen LogP contribution in [0.25, 0.3) is 0 Å². The molecular weight excluding hydrogens is 311 g/mol. The molecule has 6 heteroatoms. The lowest BCUT2D eigenvalue weighted by Crippen LogP contribution is -2.41. The number of aliphatic hydroxyl groups excluding tert-OH is 1. The van der Waals surface area contributed by atoms with Gasteiger partial charge in [0.1, 0.15) is 24.3 Å². The van der Waals surface area contributed by atoms with Crippen molar-refractivity contribution < 1.29 is 19.0 Å². The van der Waals surface area contributed by atoms with Gasteiger partial charge in [-0.1, -0.05) is 0 Å². The van der Waals surface area contributed by atoms with Gasteiger partial charge in [-0.25, -0.2) is 4.39 Å². The number of rotatable bonds is 7. The number of β-amino-alcohol motifs (C(OH)–C–C–N with tert-alkyl or cyclic N) is 1.